The molecule has 3 N–H and O–H groups in total. The molecule has 1 aliphatic rings. The summed E-state index contributed by atoms with van der Waals surface area (Å²) in [5, 5.41) is 23.6. The molecular formula is C15H21Br3N2O2. The molecule has 1 atom stereocenters. The first-order chi connectivity index (χ1) is 10.3. The molecule has 22 heavy (non-hydrogen) atoms. The number of phenols is 1. The third kappa shape index (κ3) is 3.70. The summed E-state index contributed by atoms with van der Waals surface area (Å²) < 4.78 is 2.21. The fourth-order valence-electron chi connectivity index (χ4n) is 2.94. The zero-order valence-corrected chi connectivity index (χ0v) is 17.4. The maximum absolute atomic E-state index is 10.3. The standard InChI is InChI=1S/C15H21Br3N2O2/c1-15(2,8-21)14(20-5-3-19-4-6-20)11-9(16)7-10(17)13(22)12(11)18/h7,14,19,21-22H,3-6,8H2,1-2H3/t14-/m0/s1. The topological polar surface area (TPSA) is 55.7 Å². The Labute approximate surface area is 156 Å². The van der Waals surface area contributed by atoms with Crippen LogP contribution in [0.25, 0.3) is 0 Å². The molecule has 1 aromatic rings. The second-order valence-electron chi connectivity index (χ2n) is 6.25. The number of halogens is 3. The van der Waals surface area contributed by atoms with Crippen molar-refractivity contribution in [3.8, 4) is 5.75 Å². The lowest BCUT2D eigenvalue weighted by Gasteiger charge is -2.44. The molecule has 0 unspecified atom stereocenters. The second kappa shape index (κ2) is 7.49. The molecule has 0 amide bonds. The van der Waals surface area contributed by atoms with E-state index in [-0.39, 0.29) is 23.8 Å². The van der Waals surface area contributed by atoms with Gasteiger partial charge in [-0.2, -0.15) is 0 Å². The molecule has 0 radical (unpaired) electrons. The van der Waals surface area contributed by atoms with Crippen molar-refractivity contribution in [2.75, 3.05) is 32.8 Å². The van der Waals surface area contributed by atoms with E-state index in [0.717, 1.165) is 36.2 Å². The summed E-state index contributed by atoms with van der Waals surface area (Å²) >= 11 is 10.5. The molecule has 0 saturated carbocycles. The Kier molecular flexibility index (Phi) is 6.36. The monoisotopic (exact) mass is 498 g/mol. The van der Waals surface area contributed by atoms with Gasteiger partial charge in [-0.05, 0) is 37.9 Å². The predicted molar refractivity (Wildman–Crippen MR) is 99.3 cm³/mol. The molecule has 7 heteroatoms. The Bertz CT molecular complexity index is 546. The van der Waals surface area contributed by atoms with Gasteiger partial charge in [-0.1, -0.05) is 29.8 Å². The van der Waals surface area contributed by atoms with Gasteiger partial charge in [-0.3, -0.25) is 4.90 Å². The summed E-state index contributed by atoms with van der Waals surface area (Å²) in [5.41, 5.74) is 0.629. The van der Waals surface area contributed by atoms with Crippen molar-refractivity contribution in [2.45, 2.75) is 19.9 Å². The number of aromatic hydroxyl groups is 1. The summed E-state index contributed by atoms with van der Waals surface area (Å²) in [4.78, 5) is 2.37. The van der Waals surface area contributed by atoms with Crippen LogP contribution in [0.5, 0.6) is 5.75 Å². The summed E-state index contributed by atoms with van der Waals surface area (Å²) in [5.74, 6) is 0.187. The summed E-state index contributed by atoms with van der Waals surface area (Å²) in [6.07, 6.45) is 0. The molecule has 0 aromatic heterocycles. The van der Waals surface area contributed by atoms with Crippen LogP contribution in [0.4, 0.5) is 0 Å². The van der Waals surface area contributed by atoms with Crippen LogP contribution in [0.1, 0.15) is 25.5 Å². The molecular weight excluding hydrogens is 480 g/mol. The number of hydrogen-bond donors (Lipinski definition) is 3. The molecule has 1 aliphatic heterocycles. The lowest BCUT2D eigenvalue weighted by molar-refractivity contribution is 0.0296. The van der Waals surface area contributed by atoms with Crippen molar-refractivity contribution in [1.29, 1.82) is 0 Å². The Morgan fingerprint density at radius 1 is 1.23 bits per heavy atom. The van der Waals surface area contributed by atoms with Gasteiger partial charge >= 0.3 is 0 Å². The number of hydrogen-bond acceptors (Lipinski definition) is 4. The van der Waals surface area contributed by atoms with Crippen molar-refractivity contribution in [1.82, 2.24) is 10.2 Å². The Hall–Kier alpha value is 0.340. The van der Waals surface area contributed by atoms with E-state index in [1.807, 2.05) is 6.07 Å². The number of aliphatic hydroxyl groups excluding tert-OH is 1. The average Bonchev–Trinajstić information content (AvgIpc) is 2.50. The molecule has 124 valence electrons. The zero-order chi connectivity index (χ0) is 16.5. The highest BCUT2D eigenvalue weighted by molar-refractivity contribution is 9.11. The Morgan fingerprint density at radius 2 is 1.82 bits per heavy atom. The minimum absolute atomic E-state index is 0.0117. The maximum atomic E-state index is 10.3. The van der Waals surface area contributed by atoms with Crippen molar-refractivity contribution < 1.29 is 10.2 Å². The molecule has 1 fully saturated rings. The van der Waals surface area contributed by atoms with E-state index >= 15 is 0 Å². The van der Waals surface area contributed by atoms with Crippen LogP contribution in [0.15, 0.2) is 19.5 Å². The minimum atomic E-state index is -0.345. The van der Waals surface area contributed by atoms with Gasteiger partial charge in [-0.25, -0.2) is 0 Å². The van der Waals surface area contributed by atoms with Crippen LogP contribution in [0.2, 0.25) is 0 Å². The van der Waals surface area contributed by atoms with Gasteiger partial charge in [0.15, 0.2) is 0 Å². The van der Waals surface area contributed by atoms with Crippen LogP contribution in [0, 0.1) is 5.41 Å². The highest BCUT2D eigenvalue weighted by Crippen LogP contribution is 2.48. The summed E-state index contributed by atoms with van der Waals surface area (Å²) in [6, 6.07) is 1.85. The molecule has 0 spiro atoms. The first-order valence-corrected chi connectivity index (χ1v) is 9.59. The van der Waals surface area contributed by atoms with Gasteiger partial charge in [0.2, 0.25) is 0 Å². The third-order valence-corrected chi connectivity index (χ3v) is 6.18. The fraction of sp³-hybridized carbons (Fsp3) is 0.600. The molecule has 2 rings (SSSR count). The lowest BCUT2D eigenvalue weighted by Crippen LogP contribution is -2.49. The lowest BCUT2D eigenvalue weighted by atomic mass is 9.79. The van der Waals surface area contributed by atoms with Crippen molar-refractivity contribution in [3.05, 3.63) is 25.0 Å². The average molecular weight is 501 g/mol. The van der Waals surface area contributed by atoms with Gasteiger partial charge in [0, 0.05) is 54.3 Å². The zero-order valence-electron chi connectivity index (χ0n) is 12.7. The summed E-state index contributed by atoms with van der Waals surface area (Å²) in [7, 11) is 0. The number of rotatable bonds is 4. The fourth-order valence-corrected chi connectivity index (χ4v) is 5.49. The smallest absolute Gasteiger partial charge is 0.144 e. The summed E-state index contributed by atoms with van der Waals surface area (Å²) in [6.45, 7) is 7.84. The van der Waals surface area contributed by atoms with Crippen LogP contribution in [0.3, 0.4) is 0 Å². The first kappa shape index (κ1) is 18.7. The van der Waals surface area contributed by atoms with Gasteiger partial charge in [0.25, 0.3) is 0 Å². The Morgan fingerprint density at radius 3 is 2.36 bits per heavy atom. The van der Waals surface area contributed by atoms with Crippen LogP contribution in [-0.4, -0.2) is 47.9 Å². The van der Waals surface area contributed by atoms with Gasteiger partial charge < -0.3 is 15.5 Å². The molecule has 0 aliphatic carbocycles. The highest BCUT2D eigenvalue weighted by atomic mass is 79.9. The predicted octanol–water partition coefficient (Wildman–Crippen LogP) is 3.64. The van der Waals surface area contributed by atoms with E-state index in [1.54, 1.807) is 0 Å². The van der Waals surface area contributed by atoms with Crippen LogP contribution in [-0.2, 0) is 0 Å². The van der Waals surface area contributed by atoms with Crippen molar-refractivity contribution in [3.63, 3.8) is 0 Å². The quantitative estimate of drug-likeness (QED) is 0.591. The minimum Gasteiger partial charge on any atom is -0.506 e. The highest BCUT2D eigenvalue weighted by Gasteiger charge is 2.38. The number of benzene rings is 1. The molecule has 4 nitrogen and oxygen atoms in total. The van der Waals surface area contributed by atoms with Crippen LogP contribution < -0.4 is 5.32 Å². The molecule has 1 aromatic carbocycles. The second-order valence-corrected chi connectivity index (χ2v) is 8.75. The largest absolute Gasteiger partial charge is 0.506 e. The SMILES string of the molecule is CC(C)(CO)[C@H](c1c(Br)cc(Br)c(O)c1Br)N1CCNCC1. The molecule has 1 heterocycles. The number of aliphatic hydroxyl groups is 1. The van der Waals surface area contributed by atoms with E-state index < -0.39 is 0 Å². The normalized spacial score (nSPS) is 18.5. The molecule has 1 saturated heterocycles. The van der Waals surface area contributed by atoms with Gasteiger partial charge in [-0.15, -0.1) is 0 Å². The van der Waals surface area contributed by atoms with Crippen LogP contribution >= 0.6 is 47.8 Å². The van der Waals surface area contributed by atoms with E-state index in [4.69, 9.17) is 0 Å². The van der Waals surface area contributed by atoms with Gasteiger partial charge in [0.05, 0.1) is 8.95 Å². The van der Waals surface area contributed by atoms with E-state index in [2.05, 4.69) is 71.9 Å². The third-order valence-electron chi connectivity index (χ3n) is 4.12. The number of nitrogens with zero attached hydrogens (tertiary/aromatic N) is 1. The van der Waals surface area contributed by atoms with Gasteiger partial charge in [0.1, 0.15) is 5.75 Å². The number of nitrogens with one attached hydrogen (secondary N) is 1. The number of piperazine rings is 1. The van der Waals surface area contributed by atoms with Crippen molar-refractivity contribution >= 4 is 47.8 Å². The molecule has 0 bridgehead atoms. The van der Waals surface area contributed by atoms with E-state index in [1.165, 1.54) is 0 Å². The van der Waals surface area contributed by atoms with E-state index in [0.29, 0.717) is 8.95 Å². The first-order valence-electron chi connectivity index (χ1n) is 7.21. The van der Waals surface area contributed by atoms with E-state index in [9.17, 15) is 10.2 Å². The maximum Gasteiger partial charge on any atom is 0.144 e. The Balaban J connectivity index is 2.57. The number of phenolic OH excluding ortho intramolecular Hbond substituents is 1. The van der Waals surface area contributed by atoms with Crippen molar-refractivity contribution in [2.24, 2.45) is 5.41 Å².